The van der Waals surface area contributed by atoms with Crippen molar-refractivity contribution in [3.8, 4) is 0 Å². The molecule has 19 heavy (non-hydrogen) atoms. The van der Waals surface area contributed by atoms with Gasteiger partial charge in [-0.25, -0.2) is 4.79 Å². The van der Waals surface area contributed by atoms with E-state index in [0.29, 0.717) is 11.6 Å². The maximum atomic E-state index is 12.2. The summed E-state index contributed by atoms with van der Waals surface area (Å²) in [6.07, 6.45) is 0. The van der Waals surface area contributed by atoms with Crippen LogP contribution in [0.2, 0.25) is 5.02 Å². The fourth-order valence-electron chi connectivity index (χ4n) is 2.30. The van der Waals surface area contributed by atoms with Crippen LogP contribution < -0.4 is 5.32 Å². The van der Waals surface area contributed by atoms with Gasteiger partial charge in [-0.05, 0) is 24.6 Å². The lowest BCUT2D eigenvalue weighted by atomic mass is 10.0. The number of ether oxygens (including phenoxy) is 1. The van der Waals surface area contributed by atoms with Crippen LogP contribution in [0.3, 0.4) is 0 Å². The zero-order chi connectivity index (χ0) is 13.7. The number of piperazine rings is 1. The zero-order valence-electron chi connectivity index (χ0n) is 11.1. The van der Waals surface area contributed by atoms with Crippen molar-refractivity contribution in [2.45, 2.75) is 13.0 Å². The van der Waals surface area contributed by atoms with Gasteiger partial charge in [-0.15, -0.1) is 0 Å². The van der Waals surface area contributed by atoms with Gasteiger partial charge in [0.05, 0.1) is 6.61 Å². The second-order valence-electron chi connectivity index (χ2n) is 4.49. The summed E-state index contributed by atoms with van der Waals surface area (Å²) >= 11 is 5.90. The molecule has 2 rings (SSSR count). The average Bonchev–Trinajstić information content (AvgIpc) is 2.43. The normalized spacial score (nSPS) is 18.0. The summed E-state index contributed by atoms with van der Waals surface area (Å²) in [6.45, 7) is 5.69. The van der Waals surface area contributed by atoms with Crippen molar-refractivity contribution in [3.63, 3.8) is 0 Å². The lowest BCUT2D eigenvalue weighted by Crippen LogP contribution is -2.47. The van der Waals surface area contributed by atoms with E-state index in [-0.39, 0.29) is 12.0 Å². The fourth-order valence-corrected chi connectivity index (χ4v) is 2.43. The van der Waals surface area contributed by atoms with E-state index in [1.165, 1.54) is 0 Å². The van der Waals surface area contributed by atoms with Gasteiger partial charge < -0.3 is 10.1 Å². The summed E-state index contributed by atoms with van der Waals surface area (Å²) in [6, 6.07) is 7.08. The van der Waals surface area contributed by atoms with E-state index in [9.17, 15) is 4.79 Å². The Morgan fingerprint density at radius 2 is 2.00 bits per heavy atom. The quantitative estimate of drug-likeness (QED) is 0.856. The molecule has 0 saturated carbocycles. The van der Waals surface area contributed by atoms with Gasteiger partial charge >= 0.3 is 5.97 Å². The topological polar surface area (TPSA) is 41.6 Å². The molecule has 1 aliphatic heterocycles. The molecule has 0 aromatic heterocycles. The molecule has 1 heterocycles. The summed E-state index contributed by atoms with van der Waals surface area (Å²) < 4.78 is 5.21. The number of hydrogen-bond acceptors (Lipinski definition) is 4. The summed E-state index contributed by atoms with van der Waals surface area (Å²) in [5.74, 6) is -0.188. The second kappa shape index (κ2) is 6.89. The SMILES string of the molecule is CCOC(=O)[C@H](c1ccc(Cl)cc1)N1CCNCC1. The Bertz CT molecular complexity index is 416. The summed E-state index contributed by atoms with van der Waals surface area (Å²) in [4.78, 5) is 14.4. The Balaban J connectivity index is 2.22. The number of nitrogens with one attached hydrogen (secondary N) is 1. The van der Waals surface area contributed by atoms with E-state index in [4.69, 9.17) is 16.3 Å². The Morgan fingerprint density at radius 1 is 1.37 bits per heavy atom. The van der Waals surface area contributed by atoms with Crippen LogP contribution in [-0.4, -0.2) is 43.7 Å². The molecule has 1 N–H and O–H groups in total. The summed E-state index contributed by atoms with van der Waals surface area (Å²) in [5, 5.41) is 3.96. The Hall–Kier alpha value is -1.10. The van der Waals surface area contributed by atoms with Crippen LogP contribution in [0.5, 0.6) is 0 Å². The molecule has 1 fully saturated rings. The molecule has 0 spiro atoms. The number of hydrogen-bond donors (Lipinski definition) is 1. The van der Waals surface area contributed by atoms with Gasteiger partial charge in [0.2, 0.25) is 0 Å². The van der Waals surface area contributed by atoms with E-state index >= 15 is 0 Å². The number of halogens is 1. The Morgan fingerprint density at radius 3 is 2.58 bits per heavy atom. The molecule has 4 nitrogen and oxygen atoms in total. The van der Waals surface area contributed by atoms with Crippen LogP contribution in [0.4, 0.5) is 0 Å². The minimum absolute atomic E-state index is 0.188. The molecule has 0 aliphatic carbocycles. The highest BCUT2D eigenvalue weighted by molar-refractivity contribution is 6.30. The second-order valence-corrected chi connectivity index (χ2v) is 4.93. The highest BCUT2D eigenvalue weighted by atomic mass is 35.5. The van der Waals surface area contributed by atoms with Crippen molar-refractivity contribution in [1.29, 1.82) is 0 Å². The molecule has 0 unspecified atom stereocenters. The molecule has 1 atom stereocenters. The third-order valence-electron chi connectivity index (χ3n) is 3.21. The van der Waals surface area contributed by atoms with Gasteiger partial charge in [0.25, 0.3) is 0 Å². The van der Waals surface area contributed by atoms with Crippen LogP contribution in [0.1, 0.15) is 18.5 Å². The third kappa shape index (κ3) is 3.69. The van der Waals surface area contributed by atoms with Crippen LogP contribution in [0, 0.1) is 0 Å². The Labute approximate surface area is 118 Å². The van der Waals surface area contributed by atoms with Gasteiger partial charge in [-0.3, -0.25) is 4.90 Å². The first kappa shape index (κ1) is 14.3. The van der Waals surface area contributed by atoms with Crippen LogP contribution in [0.25, 0.3) is 0 Å². The van der Waals surface area contributed by atoms with Gasteiger partial charge in [-0.1, -0.05) is 23.7 Å². The van der Waals surface area contributed by atoms with Crippen LogP contribution in [0.15, 0.2) is 24.3 Å². The van der Waals surface area contributed by atoms with Crippen LogP contribution in [-0.2, 0) is 9.53 Å². The number of rotatable bonds is 4. The van der Waals surface area contributed by atoms with Crippen molar-refractivity contribution in [3.05, 3.63) is 34.9 Å². The predicted molar refractivity (Wildman–Crippen MR) is 75.3 cm³/mol. The minimum atomic E-state index is -0.334. The number of nitrogens with zero attached hydrogens (tertiary/aromatic N) is 1. The van der Waals surface area contributed by atoms with E-state index in [1.807, 2.05) is 31.2 Å². The maximum Gasteiger partial charge on any atom is 0.328 e. The van der Waals surface area contributed by atoms with Crippen molar-refractivity contribution in [1.82, 2.24) is 10.2 Å². The molecule has 0 bridgehead atoms. The summed E-state index contributed by atoms with van der Waals surface area (Å²) in [5.41, 5.74) is 0.935. The van der Waals surface area contributed by atoms with E-state index < -0.39 is 0 Å². The molecule has 0 radical (unpaired) electrons. The highest BCUT2D eigenvalue weighted by Gasteiger charge is 2.29. The van der Waals surface area contributed by atoms with E-state index in [2.05, 4.69) is 10.2 Å². The van der Waals surface area contributed by atoms with Crippen molar-refractivity contribution in [2.24, 2.45) is 0 Å². The maximum absolute atomic E-state index is 12.2. The number of esters is 1. The lowest BCUT2D eigenvalue weighted by Gasteiger charge is -2.33. The molecule has 104 valence electrons. The third-order valence-corrected chi connectivity index (χ3v) is 3.46. The lowest BCUT2D eigenvalue weighted by molar-refractivity contribution is -0.150. The van der Waals surface area contributed by atoms with Gasteiger partial charge in [0, 0.05) is 31.2 Å². The first-order chi connectivity index (χ1) is 9.22. The molecule has 0 amide bonds. The smallest absolute Gasteiger partial charge is 0.328 e. The molecule has 1 aliphatic rings. The highest BCUT2D eigenvalue weighted by Crippen LogP contribution is 2.24. The predicted octanol–water partition coefficient (Wildman–Crippen LogP) is 1.85. The average molecular weight is 283 g/mol. The molecular weight excluding hydrogens is 264 g/mol. The molecule has 5 heteroatoms. The largest absolute Gasteiger partial charge is 0.465 e. The monoisotopic (exact) mass is 282 g/mol. The Kier molecular flexibility index (Phi) is 5.19. The minimum Gasteiger partial charge on any atom is -0.465 e. The first-order valence-electron chi connectivity index (χ1n) is 6.59. The van der Waals surface area contributed by atoms with Gasteiger partial charge in [0.15, 0.2) is 0 Å². The number of benzene rings is 1. The van der Waals surface area contributed by atoms with Crippen molar-refractivity contribution < 1.29 is 9.53 Å². The fraction of sp³-hybridized carbons (Fsp3) is 0.500. The van der Waals surface area contributed by atoms with Crippen molar-refractivity contribution >= 4 is 17.6 Å². The molecule has 1 aromatic rings. The molecule has 1 saturated heterocycles. The van der Waals surface area contributed by atoms with Crippen molar-refractivity contribution in [2.75, 3.05) is 32.8 Å². The van der Waals surface area contributed by atoms with Crippen LogP contribution >= 0.6 is 11.6 Å². The first-order valence-corrected chi connectivity index (χ1v) is 6.97. The van der Waals surface area contributed by atoms with Gasteiger partial charge in [0.1, 0.15) is 6.04 Å². The van der Waals surface area contributed by atoms with Gasteiger partial charge in [-0.2, -0.15) is 0 Å². The van der Waals surface area contributed by atoms with E-state index in [0.717, 1.165) is 31.7 Å². The summed E-state index contributed by atoms with van der Waals surface area (Å²) in [7, 11) is 0. The standard InChI is InChI=1S/C14H19ClN2O2/c1-2-19-14(18)13(17-9-7-16-8-10-17)11-3-5-12(15)6-4-11/h3-6,13,16H,2,7-10H2,1H3/t13-/m0/s1. The molecule has 1 aromatic carbocycles. The molecular formula is C14H19ClN2O2. The number of carbonyl (C=O) groups excluding carboxylic acids is 1. The zero-order valence-corrected chi connectivity index (χ0v) is 11.8. The van der Waals surface area contributed by atoms with E-state index in [1.54, 1.807) is 0 Å². The number of carbonyl (C=O) groups is 1.